The molecule has 0 radical (unpaired) electrons. The van der Waals surface area contributed by atoms with E-state index in [0.29, 0.717) is 0 Å². The van der Waals surface area contributed by atoms with E-state index >= 15 is 0 Å². The second-order valence-corrected chi connectivity index (χ2v) is 3.23. The van der Waals surface area contributed by atoms with Crippen molar-refractivity contribution in [2.24, 2.45) is 0 Å². The predicted molar refractivity (Wildman–Crippen MR) is 60.0 cm³/mol. The molecular weight excluding hydrogens is 244 g/mol. The number of hydrogen-bond donors (Lipinski definition) is 3. The molecule has 0 amide bonds. The minimum atomic E-state index is -1.23. The molecule has 7 nitrogen and oxygen atoms in total. The minimum absolute atomic E-state index is 0.0127. The molecule has 7 heteroatoms. The Morgan fingerprint density at radius 1 is 1.33 bits per heavy atom. The molecule has 0 saturated heterocycles. The number of rotatable bonds is 5. The summed E-state index contributed by atoms with van der Waals surface area (Å²) in [6.45, 7) is -1.14. The molecule has 0 aliphatic rings. The first-order chi connectivity index (χ1) is 8.54. The van der Waals surface area contributed by atoms with E-state index in [9.17, 15) is 14.7 Å². The fourth-order valence-electron chi connectivity index (χ4n) is 1.42. The number of aliphatic carboxylic acids is 1. The summed E-state index contributed by atoms with van der Waals surface area (Å²) in [6.07, 6.45) is 1.79. The lowest BCUT2D eigenvalue weighted by atomic mass is 10.1. The van der Waals surface area contributed by atoms with Gasteiger partial charge < -0.3 is 24.5 Å². The van der Waals surface area contributed by atoms with Gasteiger partial charge in [0.05, 0.1) is 25.9 Å². The second-order valence-electron chi connectivity index (χ2n) is 3.23. The standard InChI is InChI=1S/C11H12O7/c1-17-10-6(4-12)8(2-3-9(14)15)18-11(16)7(10)5-13/h2-3,12-13H,4-5H2,1H3,(H,14,15)/b3-2+. The Balaban J connectivity index is 3.49. The van der Waals surface area contributed by atoms with Crippen LogP contribution in [0.25, 0.3) is 6.08 Å². The van der Waals surface area contributed by atoms with Gasteiger partial charge in [0.2, 0.25) is 0 Å². The Hall–Kier alpha value is -2.12. The van der Waals surface area contributed by atoms with E-state index in [4.69, 9.17) is 19.4 Å². The summed E-state index contributed by atoms with van der Waals surface area (Å²) >= 11 is 0. The van der Waals surface area contributed by atoms with E-state index in [1.807, 2.05) is 0 Å². The molecule has 0 atom stereocenters. The molecule has 0 spiro atoms. The van der Waals surface area contributed by atoms with Crippen molar-refractivity contribution in [1.29, 1.82) is 0 Å². The van der Waals surface area contributed by atoms with Gasteiger partial charge in [0, 0.05) is 6.08 Å². The third-order valence-electron chi connectivity index (χ3n) is 2.19. The smallest absolute Gasteiger partial charge is 0.345 e. The normalized spacial score (nSPS) is 10.8. The first-order valence-electron chi connectivity index (χ1n) is 4.90. The number of aliphatic hydroxyl groups excluding tert-OH is 2. The zero-order chi connectivity index (χ0) is 13.7. The van der Waals surface area contributed by atoms with Gasteiger partial charge in [-0.3, -0.25) is 0 Å². The van der Waals surface area contributed by atoms with Crippen LogP contribution in [0.3, 0.4) is 0 Å². The predicted octanol–water partition coefficient (Wildman–Crippen LogP) is -0.269. The van der Waals surface area contributed by atoms with Crippen LogP contribution in [0.15, 0.2) is 15.3 Å². The molecule has 0 fully saturated rings. The quantitative estimate of drug-likeness (QED) is 0.621. The Labute approximate surface area is 102 Å². The SMILES string of the molecule is COc1c(CO)c(/C=C/C(=O)O)oc(=O)c1CO. The molecule has 0 bridgehead atoms. The van der Waals surface area contributed by atoms with Crippen LogP contribution in [0.1, 0.15) is 16.9 Å². The monoisotopic (exact) mass is 256 g/mol. The van der Waals surface area contributed by atoms with Gasteiger partial charge in [-0.1, -0.05) is 0 Å². The Morgan fingerprint density at radius 2 is 1.94 bits per heavy atom. The van der Waals surface area contributed by atoms with Gasteiger partial charge in [0.25, 0.3) is 0 Å². The molecule has 0 unspecified atom stereocenters. The van der Waals surface area contributed by atoms with Crippen molar-refractivity contribution in [3.8, 4) is 5.75 Å². The highest BCUT2D eigenvalue weighted by Gasteiger charge is 2.18. The fourth-order valence-corrected chi connectivity index (χ4v) is 1.42. The molecular formula is C11H12O7. The van der Waals surface area contributed by atoms with Crippen LogP contribution >= 0.6 is 0 Å². The van der Waals surface area contributed by atoms with Gasteiger partial charge in [-0.25, -0.2) is 9.59 Å². The Bertz CT molecular complexity index is 527. The maximum Gasteiger partial charge on any atom is 0.345 e. The van der Waals surface area contributed by atoms with Crippen LogP contribution in [0.4, 0.5) is 0 Å². The van der Waals surface area contributed by atoms with Crippen molar-refractivity contribution in [2.45, 2.75) is 13.2 Å². The number of hydrogen-bond acceptors (Lipinski definition) is 6. The maximum absolute atomic E-state index is 11.5. The van der Waals surface area contributed by atoms with Gasteiger partial charge in [0.15, 0.2) is 0 Å². The number of methoxy groups -OCH3 is 1. The van der Waals surface area contributed by atoms with Gasteiger partial charge in [0.1, 0.15) is 17.1 Å². The highest BCUT2D eigenvalue weighted by Crippen LogP contribution is 2.25. The van der Waals surface area contributed by atoms with Crippen molar-refractivity contribution in [3.63, 3.8) is 0 Å². The van der Waals surface area contributed by atoms with E-state index in [1.54, 1.807) is 0 Å². The summed E-state index contributed by atoms with van der Waals surface area (Å²) in [5.74, 6) is -1.37. The first kappa shape index (κ1) is 13.9. The first-order valence-corrected chi connectivity index (χ1v) is 4.90. The summed E-state index contributed by atoms with van der Waals surface area (Å²) in [7, 11) is 1.26. The highest BCUT2D eigenvalue weighted by molar-refractivity contribution is 5.85. The third-order valence-corrected chi connectivity index (χ3v) is 2.19. The van der Waals surface area contributed by atoms with Crippen molar-refractivity contribution < 1.29 is 29.3 Å². The molecule has 0 saturated carbocycles. The van der Waals surface area contributed by atoms with Gasteiger partial charge >= 0.3 is 11.6 Å². The minimum Gasteiger partial charge on any atom is -0.496 e. The molecule has 0 aliphatic carbocycles. The highest BCUT2D eigenvalue weighted by atomic mass is 16.5. The van der Waals surface area contributed by atoms with E-state index in [1.165, 1.54) is 7.11 Å². The average molecular weight is 256 g/mol. The largest absolute Gasteiger partial charge is 0.496 e. The molecule has 18 heavy (non-hydrogen) atoms. The van der Waals surface area contributed by atoms with E-state index in [2.05, 4.69) is 0 Å². The van der Waals surface area contributed by atoms with Crippen LogP contribution in [0.2, 0.25) is 0 Å². The van der Waals surface area contributed by atoms with Gasteiger partial charge in [-0.15, -0.1) is 0 Å². The molecule has 0 aliphatic heterocycles. The average Bonchev–Trinajstić information content (AvgIpc) is 2.34. The Morgan fingerprint density at radius 3 is 2.39 bits per heavy atom. The number of carboxylic acids is 1. The summed E-state index contributed by atoms with van der Waals surface area (Å²) in [4.78, 5) is 21.9. The van der Waals surface area contributed by atoms with Crippen LogP contribution in [0.5, 0.6) is 5.75 Å². The van der Waals surface area contributed by atoms with Crippen molar-refractivity contribution in [1.82, 2.24) is 0 Å². The molecule has 0 aromatic carbocycles. The van der Waals surface area contributed by atoms with E-state index < -0.39 is 24.8 Å². The number of aliphatic hydroxyl groups is 2. The van der Waals surface area contributed by atoms with Crippen molar-refractivity contribution in [3.05, 3.63) is 33.4 Å². The summed E-state index contributed by atoms with van der Waals surface area (Å²) < 4.78 is 9.73. The van der Waals surface area contributed by atoms with Crippen molar-refractivity contribution >= 4 is 12.0 Å². The maximum atomic E-state index is 11.5. The zero-order valence-electron chi connectivity index (χ0n) is 9.54. The van der Waals surface area contributed by atoms with Gasteiger partial charge in [-0.2, -0.15) is 0 Å². The topological polar surface area (TPSA) is 117 Å². The van der Waals surface area contributed by atoms with Crippen LogP contribution in [0, 0.1) is 0 Å². The lowest BCUT2D eigenvalue weighted by molar-refractivity contribution is -0.131. The summed E-state index contributed by atoms with van der Waals surface area (Å²) in [5, 5.41) is 26.7. The second kappa shape index (κ2) is 5.99. The number of carbonyl (C=O) groups is 1. The van der Waals surface area contributed by atoms with E-state index in [-0.39, 0.29) is 22.6 Å². The van der Waals surface area contributed by atoms with Crippen molar-refractivity contribution in [2.75, 3.05) is 7.11 Å². The van der Waals surface area contributed by atoms with Crippen LogP contribution in [-0.2, 0) is 18.0 Å². The number of carboxylic acid groups (broad SMARTS) is 1. The molecule has 1 rings (SSSR count). The third kappa shape index (κ3) is 2.76. The fraction of sp³-hybridized carbons (Fsp3) is 0.273. The van der Waals surface area contributed by atoms with Crippen LogP contribution < -0.4 is 10.4 Å². The molecule has 3 N–H and O–H groups in total. The lowest BCUT2D eigenvalue weighted by Gasteiger charge is -2.11. The molecule has 1 heterocycles. The summed E-state index contributed by atoms with van der Waals surface area (Å²) in [5.41, 5.74) is -0.885. The van der Waals surface area contributed by atoms with Gasteiger partial charge in [-0.05, 0) is 6.08 Å². The molecule has 98 valence electrons. The summed E-state index contributed by atoms with van der Waals surface area (Å²) in [6, 6.07) is 0. The molecule has 1 aromatic rings. The zero-order valence-corrected chi connectivity index (χ0v) is 9.54. The van der Waals surface area contributed by atoms with E-state index in [0.717, 1.165) is 12.2 Å². The Kier molecular flexibility index (Phi) is 4.64. The van der Waals surface area contributed by atoms with Crippen LogP contribution in [-0.4, -0.2) is 28.4 Å². The lowest BCUT2D eigenvalue weighted by Crippen LogP contribution is -2.13. The molecule has 1 aromatic heterocycles. The number of ether oxygens (including phenoxy) is 1.